The summed E-state index contributed by atoms with van der Waals surface area (Å²) >= 11 is 5.99. The molecule has 0 bridgehead atoms. The van der Waals surface area contributed by atoms with Crippen molar-refractivity contribution < 1.29 is 14.3 Å². The molecule has 6 nitrogen and oxygen atoms in total. The summed E-state index contributed by atoms with van der Waals surface area (Å²) in [5.74, 6) is 1.10. The van der Waals surface area contributed by atoms with Crippen LogP contribution in [0.25, 0.3) is 0 Å². The molecule has 1 amide bonds. The Morgan fingerprint density at radius 3 is 2.91 bits per heavy atom. The molecule has 0 spiro atoms. The fraction of sp³-hybridized carbons (Fsp3) is 0.125. The highest BCUT2D eigenvalue weighted by atomic mass is 35.5. The topological polar surface area (TPSA) is 72.0 Å². The predicted octanol–water partition coefficient (Wildman–Crippen LogP) is 2.63. The SMILES string of the molecule is O=C(CNc1ccccc1Cl)NN=Cc1ccc2c(c1)OCO2. The summed E-state index contributed by atoms with van der Waals surface area (Å²) < 4.78 is 10.5. The first-order chi connectivity index (χ1) is 11.2. The van der Waals surface area contributed by atoms with Gasteiger partial charge in [0.05, 0.1) is 23.5 Å². The zero-order chi connectivity index (χ0) is 16.1. The highest BCUT2D eigenvalue weighted by Gasteiger charge is 2.12. The quantitative estimate of drug-likeness (QED) is 0.652. The van der Waals surface area contributed by atoms with E-state index in [1.807, 2.05) is 18.2 Å². The van der Waals surface area contributed by atoms with Gasteiger partial charge in [0.2, 0.25) is 6.79 Å². The third-order valence-corrected chi connectivity index (χ3v) is 3.44. The molecule has 0 aromatic heterocycles. The van der Waals surface area contributed by atoms with E-state index in [2.05, 4.69) is 15.8 Å². The van der Waals surface area contributed by atoms with Crippen LogP contribution in [-0.2, 0) is 4.79 Å². The van der Waals surface area contributed by atoms with Crippen molar-refractivity contribution in [2.45, 2.75) is 0 Å². The van der Waals surface area contributed by atoms with Crippen molar-refractivity contribution in [1.82, 2.24) is 5.43 Å². The van der Waals surface area contributed by atoms with Gasteiger partial charge < -0.3 is 14.8 Å². The second kappa shape index (κ2) is 7.02. The minimum absolute atomic E-state index is 0.0716. The van der Waals surface area contributed by atoms with Crippen molar-refractivity contribution in [3.05, 3.63) is 53.1 Å². The van der Waals surface area contributed by atoms with Crippen LogP contribution >= 0.6 is 11.6 Å². The molecule has 1 heterocycles. The molecule has 7 heteroatoms. The molecule has 2 N–H and O–H groups in total. The molecule has 2 aromatic carbocycles. The monoisotopic (exact) mass is 331 g/mol. The van der Waals surface area contributed by atoms with Crippen LogP contribution in [0.1, 0.15) is 5.56 Å². The molecule has 1 aliphatic heterocycles. The molecule has 0 saturated heterocycles. The predicted molar refractivity (Wildman–Crippen MR) is 88.2 cm³/mol. The van der Waals surface area contributed by atoms with Crippen LogP contribution in [0.3, 0.4) is 0 Å². The van der Waals surface area contributed by atoms with Crippen molar-refractivity contribution in [2.24, 2.45) is 5.10 Å². The number of para-hydroxylation sites is 1. The Hall–Kier alpha value is -2.73. The normalized spacial score (nSPS) is 12.4. The van der Waals surface area contributed by atoms with E-state index in [4.69, 9.17) is 21.1 Å². The molecule has 0 unspecified atom stereocenters. The second-order valence-electron chi connectivity index (χ2n) is 4.74. The van der Waals surface area contributed by atoms with Crippen molar-refractivity contribution >= 4 is 29.4 Å². The number of hydrazone groups is 1. The number of halogens is 1. The van der Waals surface area contributed by atoms with Gasteiger partial charge in [-0.05, 0) is 35.9 Å². The molecule has 2 aromatic rings. The van der Waals surface area contributed by atoms with Crippen LogP contribution in [0.5, 0.6) is 11.5 Å². The highest BCUT2D eigenvalue weighted by Crippen LogP contribution is 2.31. The average Bonchev–Trinajstić information content (AvgIpc) is 3.02. The molecule has 118 valence electrons. The first kappa shape index (κ1) is 15.2. The minimum Gasteiger partial charge on any atom is -0.454 e. The van der Waals surface area contributed by atoms with Gasteiger partial charge in [-0.3, -0.25) is 4.79 Å². The molecule has 0 radical (unpaired) electrons. The minimum atomic E-state index is -0.276. The summed E-state index contributed by atoms with van der Waals surface area (Å²) in [5.41, 5.74) is 3.94. The summed E-state index contributed by atoms with van der Waals surface area (Å²) in [4.78, 5) is 11.7. The Balaban J connectivity index is 1.50. The zero-order valence-corrected chi connectivity index (χ0v) is 12.8. The number of hydrogen-bond acceptors (Lipinski definition) is 5. The van der Waals surface area contributed by atoms with Crippen LogP contribution in [0.4, 0.5) is 5.69 Å². The van der Waals surface area contributed by atoms with Crippen LogP contribution in [-0.4, -0.2) is 25.5 Å². The van der Waals surface area contributed by atoms with Crippen molar-refractivity contribution in [1.29, 1.82) is 0 Å². The van der Waals surface area contributed by atoms with Crippen LogP contribution in [0.15, 0.2) is 47.6 Å². The number of nitrogens with zero attached hydrogens (tertiary/aromatic N) is 1. The van der Waals surface area contributed by atoms with E-state index in [1.165, 1.54) is 6.21 Å². The molecular weight excluding hydrogens is 318 g/mol. The van der Waals surface area contributed by atoms with E-state index in [0.717, 1.165) is 5.56 Å². The summed E-state index contributed by atoms with van der Waals surface area (Å²) in [6.45, 7) is 0.294. The molecule has 3 rings (SSSR count). The van der Waals surface area contributed by atoms with Crippen LogP contribution in [0.2, 0.25) is 5.02 Å². The summed E-state index contributed by atoms with van der Waals surface area (Å²) in [7, 11) is 0. The number of rotatable bonds is 5. The van der Waals surface area contributed by atoms with Gasteiger partial charge in [-0.15, -0.1) is 0 Å². The Morgan fingerprint density at radius 2 is 2.04 bits per heavy atom. The number of ether oxygens (including phenoxy) is 2. The number of anilines is 1. The second-order valence-corrected chi connectivity index (χ2v) is 5.15. The van der Waals surface area contributed by atoms with E-state index in [-0.39, 0.29) is 19.2 Å². The fourth-order valence-electron chi connectivity index (χ4n) is 1.99. The number of hydrogen-bond donors (Lipinski definition) is 2. The summed E-state index contributed by atoms with van der Waals surface area (Å²) in [6.07, 6.45) is 1.54. The van der Waals surface area contributed by atoms with Gasteiger partial charge in [-0.25, -0.2) is 5.43 Å². The fourth-order valence-corrected chi connectivity index (χ4v) is 2.19. The van der Waals surface area contributed by atoms with Crippen molar-refractivity contribution in [3.63, 3.8) is 0 Å². The average molecular weight is 332 g/mol. The van der Waals surface area contributed by atoms with Crippen LogP contribution < -0.4 is 20.2 Å². The summed E-state index contributed by atoms with van der Waals surface area (Å²) in [6, 6.07) is 12.6. The summed E-state index contributed by atoms with van der Waals surface area (Å²) in [5, 5.41) is 7.41. The van der Waals surface area contributed by atoms with Crippen LogP contribution in [0, 0.1) is 0 Å². The van der Waals surface area contributed by atoms with Gasteiger partial charge in [0.25, 0.3) is 5.91 Å². The molecular formula is C16H14ClN3O3. The third kappa shape index (κ3) is 3.92. The highest BCUT2D eigenvalue weighted by molar-refractivity contribution is 6.33. The number of benzene rings is 2. The van der Waals surface area contributed by atoms with Gasteiger partial charge in [0, 0.05) is 0 Å². The Morgan fingerprint density at radius 1 is 1.22 bits per heavy atom. The van der Waals surface area contributed by atoms with Gasteiger partial charge >= 0.3 is 0 Å². The van der Waals surface area contributed by atoms with Crippen molar-refractivity contribution in [2.75, 3.05) is 18.7 Å². The molecule has 0 aliphatic carbocycles. The molecule has 0 saturated carbocycles. The van der Waals surface area contributed by atoms with Gasteiger partial charge in [0.15, 0.2) is 11.5 Å². The maximum absolute atomic E-state index is 11.7. The zero-order valence-electron chi connectivity index (χ0n) is 12.1. The van der Waals surface area contributed by atoms with Crippen molar-refractivity contribution in [3.8, 4) is 11.5 Å². The lowest BCUT2D eigenvalue weighted by Gasteiger charge is -2.06. The van der Waals surface area contributed by atoms with Gasteiger partial charge in [-0.2, -0.15) is 5.10 Å². The number of fused-ring (bicyclic) bond motifs is 1. The maximum Gasteiger partial charge on any atom is 0.259 e. The van der Waals surface area contributed by atoms with Gasteiger partial charge in [0.1, 0.15) is 0 Å². The molecule has 1 aliphatic rings. The van der Waals surface area contributed by atoms with Gasteiger partial charge in [-0.1, -0.05) is 23.7 Å². The lowest BCUT2D eigenvalue weighted by atomic mass is 10.2. The molecule has 23 heavy (non-hydrogen) atoms. The maximum atomic E-state index is 11.7. The largest absolute Gasteiger partial charge is 0.454 e. The number of carbonyl (C=O) groups excluding carboxylic acids is 1. The van der Waals surface area contributed by atoms with E-state index in [9.17, 15) is 4.79 Å². The first-order valence-electron chi connectivity index (χ1n) is 6.92. The molecule has 0 atom stereocenters. The smallest absolute Gasteiger partial charge is 0.259 e. The van der Waals surface area contributed by atoms with E-state index in [1.54, 1.807) is 24.3 Å². The van der Waals surface area contributed by atoms with E-state index in [0.29, 0.717) is 22.2 Å². The lowest BCUT2D eigenvalue weighted by Crippen LogP contribution is -2.25. The van der Waals surface area contributed by atoms with E-state index < -0.39 is 0 Å². The third-order valence-electron chi connectivity index (χ3n) is 3.11. The number of amides is 1. The Labute approximate surface area is 138 Å². The number of nitrogens with one attached hydrogen (secondary N) is 2. The van der Waals surface area contributed by atoms with E-state index >= 15 is 0 Å². The first-order valence-corrected chi connectivity index (χ1v) is 7.30. The standard InChI is InChI=1S/C16H14ClN3O3/c17-12-3-1-2-4-13(12)18-9-16(21)20-19-8-11-5-6-14-15(7-11)23-10-22-14/h1-8,18H,9-10H2,(H,20,21). The Bertz CT molecular complexity index is 749. The number of carbonyl (C=O) groups is 1. The lowest BCUT2D eigenvalue weighted by molar-refractivity contribution is -0.119. The molecule has 0 fully saturated rings. The Kier molecular flexibility index (Phi) is 4.63.